The SMILES string of the molecule is COCCC[C@@H]1SCC2[C@@H]1N(Cc1ccccc1)C(=O)N2Cc1ccccc1. The number of rotatable bonds is 8. The summed E-state index contributed by atoms with van der Waals surface area (Å²) in [6, 6.07) is 21.4. The third-order valence-electron chi connectivity index (χ3n) is 5.74. The van der Waals surface area contributed by atoms with Crippen molar-refractivity contribution in [1.29, 1.82) is 0 Å². The molecule has 0 spiro atoms. The minimum atomic E-state index is 0.180. The molecule has 0 saturated carbocycles. The largest absolute Gasteiger partial charge is 0.385 e. The third-order valence-corrected chi connectivity index (χ3v) is 7.21. The second-order valence-electron chi connectivity index (χ2n) is 7.57. The van der Waals surface area contributed by atoms with Gasteiger partial charge >= 0.3 is 6.03 Å². The number of amides is 2. The first-order valence-electron chi connectivity index (χ1n) is 10.0. The number of ether oxygens (including phenoxy) is 1. The van der Waals surface area contributed by atoms with Gasteiger partial charge in [0.25, 0.3) is 0 Å². The minimum Gasteiger partial charge on any atom is -0.385 e. The molecule has 2 aromatic carbocycles. The van der Waals surface area contributed by atoms with Gasteiger partial charge in [-0.05, 0) is 24.0 Å². The van der Waals surface area contributed by atoms with E-state index in [1.165, 1.54) is 11.1 Å². The van der Waals surface area contributed by atoms with Crippen molar-refractivity contribution in [2.24, 2.45) is 0 Å². The zero-order valence-electron chi connectivity index (χ0n) is 16.4. The summed E-state index contributed by atoms with van der Waals surface area (Å²) in [6.45, 7) is 2.17. The average molecular weight is 397 g/mol. The highest BCUT2D eigenvalue weighted by molar-refractivity contribution is 8.00. The van der Waals surface area contributed by atoms with Gasteiger partial charge in [-0.1, -0.05) is 60.7 Å². The molecule has 2 aromatic rings. The molecule has 0 N–H and O–H groups in total. The lowest BCUT2D eigenvalue weighted by Gasteiger charge is -2.27. The molecule has 0 aromatic heterocycles. The average Bonchev–Trinajstić information content (AvgIpc) is 3.24. The van der Waals surface area contributed by atoms with Crippen molar-refractivity contribution < 1.29 is 9.53 Å². The molecule has 2 aliphatic rings. The van der Waals surface area contributed by atoms with Crippen molar-refractivity contribution >= 4 is 17.8 Å². The highest BCUT2D eigenvalue weighted by Gasteiger charge is 2.52. The van der Waals surface area contributed by atoms with Crippen LogP contribution in [0.1, 0.15) is 24.0 Å². The Hall–Kier alpha value is -1.98. The molecule has 2 aliphatic heterocycles. The van der Waals surface area contributed by atoms with Crippen LogP contribution in [-0.2, 0) is 17.8 Å². The topological polar surface area (TPSA) is 32.8 Å². The standard InChI is InChI=1S/C23H28N2O2S/c1-27-14-8-13-21-22-20(17-28-21)24(15-18-9-4-2-5-10-18)23(26)25(22)16-19-11-6-3-7-12-19/h2-7,9-12,20-22H,8,13-17H2,1H3/t20?,21-,22-/m0/s1. The van der Waals surface area contributed by atoms with Crippen LogP contribution in [0.15, 0.2) is 60.7 Å². The smallest absolute Gasteiger partial charge is 0.321 e. The number of methoxy groups -OCH3 is 1. The quantitative estimate of drug-likeness (QED) is 0.490. The van der Waals surface area contributed by atoms with Crippen molar-refractivity contribution in [1.82, 2.24) is 9.80 Å². The van der Waals surface area contributed by atoms with E-state index in [9.17, 15) is 4.79 Å². The molecule has 2 saturated heterocycles. The summed E-state index contributed by atoms with van der Waals surface area (Å²) >= 11 is 2.02. The van der Waals surface area contributed by atoms with E-state index >= 15 is 0 Å². The fourth-order valence-electron chi connectivity index (χ4n) is 4.39. The van der Waals surface area contributed by atoms with Crippen LogP contribution >= 0.6 is 11.8 Å². The van der Waals surface area contributed by atoms with E-state index < -0.39 is 0 Å². The number of urea groups is 1. The lowest BCUT2D eigenvalue weighted by Crippen LogP contribution is -2.40. The second-order valence-corrected chi connectivity index (χ2v) is 8.85. The molecule has 3 atom stereocenters. The van der Waals surface area contributed by atoms with E-state index in [0.717, 1.165) is 25.2 Å². The maximum Gasteiger partial charge on any atom is 0.321 e. The summed E-state index contributed by atoms with van der Waals surface area (Å²) in [6.07, 6.45) is 2.14. The van der Waals surface area contributed by atoms with E-state index in [2.05, 4.69) is 46.2 Å². The Kier molecular flexibility index (Phi) is 6.23. The molecule has 28 heavy (non-hydrogen) atoms. The van der Waals surface area contributed by atoms with E-state index in [-0.39, 0.29) is 18.1 Å². The van der Waals surface area contributed by atoms with Gasteiger partial charge in [0.2, 0.25) is 0 Å². The van der Waals surface area contributed by atoms with Crippen LogP contribution < -0.4 is 0 Å². The highest BCUT2D eigenvalue weighted by Crippen LogP contribution is 2.42. The van der Waals surface area contributed by atoms with Gasteiger partial charge in [0.05, 0.1) is 12.1 Å². The Balaban J connectivity index is 1.56. The number of hydrogen-bond acceptors (Lipinski definition) is 3. The number of fused-ring (bicyclic) bond motifs is 1. The van der Waals surface area contributed by atoms with Crippen LogP contribution in [0, 0.1) is 0 Å². The molecule has 4 nitrogen and oxygen atoms in total. The lowest BCUT2D eigenvalue weighted by molar-refractivity contribution is 0.177. The van der Waals surface area contributed by atoms with Gasteiger partial charge in [-0.2, -0.15) is 11.8 Å². The Morgan fingerprint density at radius 3 is 2.18 bits per heavy atom. The fourth-order valence-corrected chi connectivity index (χ4v) is 6.07. The molecule has 2 amide bonds. The molecular formula is C23H28N2O2S. The first-order valence-corrected chi connectivity index (χ1v) is 11.1. The van der Waals surface area contributed by atoms with Crippen LogP contribution in [0.25, 0.3) is 0 Å². The highest BCUT2D eigenvalue weighted by atomic mass is 32.2. The second kappa shape index (κ2) is 9.01. The summed E-state index contributed by atoms with van der Waals surface area (Å²) in [5, 5.41) is 0.480. The molecule has 5 heteroatoms. The fraction of sp³-hybridized carbons (Fsp3) is 0.435. The molecule has 2 fully saturated rings. The van der Waals surface area contributed by atoms with Crippen LogP contribution in [0.4, 0.5) is 4.79 Å². The van der Waals surface area contributed by atoms with Crippen LogP contribution in [-0.4, -0.2) is 52.6 Å². The Labute approximate surface area is 171 Å². The molecule has 0 bridgehead atoms. The Bertz CT molecular complexity index is 771. The maximum atomic E-state index is 13.4. The van der Waals surface area contributed by atoms with Crippen molar-refractivity contribution in [2.45, 2.75) is 43.3 Å². The summed E-state index contributed by atoms with van der Waals surface area (Å²) in [5.74, 6) is 1.02. The van der Waals surface area contributed by atoms with E-state index in [4.69, 9.17) is 4.74 Å². The van der Waals surface area contributed by atoms with Gasteiger partial charge in [-0.3, -0.25) is 0 Å². The first kappa shape index (κ1) is 19.3. The molecular weight excluding hydrogens is 368 g/mol. The summed E-state index contributed by atoms with van der Waals surface area (Å²) in [4.78, 5) is 17.7. The van der Waals surface area contributed by atoms with E-state index in [0.29, 0.717) is 18.3 Å². The summed E-state index contributed by atoms with van der Waals surface area (Å²) in [7, 11) is 1.76. The number of benzene rings is 2. The summed E-state index contributed by atoms with van der Waals surface area (Å²) < 4.78 is 5.26. The predicted molar refractivity (Wildman–Crippen MR) is 114 cm³/mol. The van der Waals surface area contributed by atoms with E-state index in [1.807, 2.05) is 36.0 Å². The van der Waals surface area contributed by atoms with Gasteiger partial charge in [0.15, 0.2) is 0 Å². The number of carbonyl (C=O) groups is 1. The van der Waals surface area contributed by atoms with Gasteiger partial charge < -0.3 is 14.5 Å². The molecule has 148 valence electrons. The van der Waals surface area contributed by atoms with Gasteiger partial charge in [0, 0.05) is 37.8 Å². The molecule has 0 aliphatic carbocycles. The lowest BCUT2D eigenvalue weighted by atomic mass is 10.0. The van der Waals surface area contributed by atoms with E-state index in [1.54, 1.807) is 7.11 Å². The van der Waals surface area contributed by atoms with Crippen LogP contribution in [0.2, 0.25) is 0 Å². The third kappa shape index (κ3) is 4.06. The van der Waals surface area contributed by atoms with Crippen molar-refractivity contribution in [3.63, 3.8) is 0 Å². The summed E-state index contributed by atoms with van der Waals surface area (Å²) in [5.41, 5.74) is 2.40. The van der Waals surface area contributed by atoms with Crippen molar-refractivity contribution in [2.75, 3.05) is 19.5 Å². The van der Waals surface area contributed by atoms with Crippen molar-refractivity contribution in [3.8, 4) is 0 Å². The monoisotopic (exact) mass is 396 g/mol. The molecule has 4 rings (SSSR count). The minimum absolute atomic E-state index is 0.180. The number of hydrogen-bond donors (Lipinski definition) is 0. The zero-order chi connectivity index (χ0) is 19.3. The molecule has 0 radical (unpaired) electrons. The van der Waals surface area contributed by atoms with Crippen LogP contribution in [0.5, 0.6) is 0 Å². The molecule has 2 heterocycles. The normalized spacial score (nSPS) is 24.0. The van der Waals surface area contributed by atoms with Gasteiger partial charge in [0.1, 0.15) is 0 Å². The van der Waals surface area contributed by atoms with Crippen molar-refractivity contribution in [3.05, 3.63) is 71.8 Å². The van der Waals surface area contributed by atoms with Crippen LogP contribution in [0.3, 0.4) is 0 Å². The number of thioether (sulfide) groups is 1. The Morgan fingerprint density at radius 2 is 1.57 bits per heavy atom. The van der Waals surface area contributed by atoms with Gasteiger partial charge in [-0.15, -0.1) is 0 Å². The number of carbonyl (C=O) groups excluding carboxylic acids is 1. The molecule has 1 unspecified atom stereocenters. The van der Waals surface area contributed by atoms with Gasteiger partial charge in [-0.25, -0.2) is 4.79 Å². The first-order chi connectivity index (χ1) is 13.8. The Morgan fingerprint density at radius 1 is 0.964 bits per heavy atom. The number of nitrogens with zero attached hydrogens (tertiary/aromatic N) is 2. The maximum absolute atomic E-state index is 13.4. The predicted octanol–water partition coefficient (Wildman–Crippen LogP) is 4.40. The zero-order valence-corrected chi connectivity index (χ0v) is 17.2.